The van der Waals surface area contributed by atoms with Crippen LogP contribution in [0.5, 0.6) is 0 Å². The van der Waals surface area contributed by atoms with E-state index in [1.807, 2.05) is 25.6 Å². The molecular formula is C15H21NO2S2. The van der Waals surface area contributed by atoms with Crippen LogP contribution >= 0.6 is 23.1 Å². The average Bonchev–Trinajstić information content (AvgIpc) is 2.78. The lowest BCUT2D eigenvalue weighted by atomic mass is 9.79. The summed E-state index contributed by atoms with van der Waals surface area (Å²) in [6, 6.07) is 0. The van der Waals surface area contributed by atoms with Gasteiger partial charge in [-0.05, 0) is 51.0 Å². The first-order valence-electron chi connectivity index (χ1n) is 7.30. The van der Waals surface area contributed by atoms with Gasteiger partial charge in [-0.15, -0.1) is 11.3 Å². The van der Waals surface area contributed by atoms with Gasteiger partial charge in [0.1, 0.15) is 0 Å². The summed E-state index contributed by atoms with van der Waals surface area (Å²) in [5.74, 6) is 2.76. The molecule has 2 aliphatic heterocycles. The third-order valence-electron chi connectivity index (χ3n) is 4.40. The highest BCUT2D eigenvalue weighted by atomic mass is 32.2. The van der Waals surface area contributed by atoms with Crippen LogP contribution in [0.15, 0.2) is 0 Å². The van der Waals surface area contributed by atoms with E-state index in [-0.39, 0.29) is 11.5 Å². The fourth-order valence-corrected chi connectivity index (χ4v) is 5.46. The van der Waals surface area contributed by atoms with Gasteiger partial charge in [0.05, 0.1) is 21.2 Å². The largest absolute Gasteiger partial charge is 0.375 e. The van der Waals surface area contributed by atoms with Crippen LogP contribution in [0.3, 0.4) is 0 Å². The molecule has 2 saturated heterocycles. The number of carbonyl (C=O) groups is 1. The first-order chi connectivity index (χ1) is 9.60. The predicted octanol–water partition coefficient (Wildman–Crippen LogP) is 3.64. The van der Waals surface area contributed by atoms with Crippen LogP contribution in [-0.4, -0.2) is 34.5 Å². The Kier molecular flexibility index (Phi) is 4.20. The molecule has 1 spiro atoms. The number of nitrogens with zero attached hydrogens (tertiary/aromatic N) is 1. The predicted molar refractivity (Wildman–Crippen MR) is 83.9 cm³/mol. The normalized spacial score (nSPS) is 25.8. The Bertz CT molecular complexity index is 500. The van der Waals surface area contributed by atoms with E-state index < -0.39 is 0 Å². The van der Waals surface area contributed by atoms with Crippen molar-refractivity contribution >= 4 is 28.9 Å². The molecule has 0 amide bonds. The minimum Gasteiger partial charge on any atom is -0.375 e. The molecule has 1 aromatic heterocycles. The van der Waals surface area contributed by atoms with E-state index in [9.17, 15) is 4.79 Å². The minimum absolute atomic E-state index is 0.0164. The topological polar surface area (TPSA) is 39.2 Å². The zero-order chi connectivity index (χ0) is 14.2. The molecule has 2 aliphatic rings. The van der Waals surface area contributed by atoms with Gasteiger partial charge in [0, 0.05) is 12.5 Å². The average molecular weight is 311 g/mol. The first-order valence-corrected chi connectivity index (χ1v) is 9.27. The molecule has 3 heterocycles. The molecule has 0 aromatic carbocycles. The molecular weight excluding hydrogens is 290 g/mol. The molecule has 110 valence electrons. The van der Waals surface area contributed by atoms with Gasteiger partial charge in [0.15, 0.2) is 5.78 Å². The van der Waals surface area contributed by atoms with Gasteiger partial charge >= 0.3 is 0 Å². The van der Waals surface area contributed by atoms with Crippen LogP contribution in [0.4, 0.5) is 0 Å². The van der Waals surface area contributed by atoms with E-state index in [4.69, 9.17) is 4.74 Å². The highest BCUT2D eigenvalue weighted by Crippen LogP contribution is 2.41. The maximum atomic E-state index is 12.8. The third kappa shape index (κ3) is 2.81. The summed E-state index contributed by atoms with van der Waals surface area (Å²) in [6.45, 7) is 4.65. The number of rotatable bonds is 2. The molecule has 0 N–H and O–H groups in total. The van der Waals surface area contributed by atoms with Crippen LogP contribution in [0.2, 0.25) is 0 Å². The van der Waals surface area contributed by atoms with Gasteiger partial charge in [-0.2, -0.15) is 11.8 Å². The zero-order valence-corrected chi connectivity index (χ0v) is 13.7. The standard InChI is InChI=1S/C15H21NO2S2/c1-10-14(20-11(2)16-10)13(17)12-3-6-18-15(9-12)4-7-19-8-5-15/h12H,3-9H2,1-2H3. The van der Waals surface area contributed by atoms with Crippen LogP contribution in [0.25, 0.3) is 0 Å². The van der Waals surface area contributed by atoms with E-state index in [0.717, 1.165) is 47.9 Å². The van der Waals surface area contributed by atoms with Gasteiger partial charge < -0.3 is 4.74 Å². The summed E-state index contributed by atoms with van der Waals surface area (Å²) in [5.41, 5.74) is 0.884. The number of hydrogen-bond donors (Lipinski definition) is 0. The van der Waals surface area contributed by atoms with E-state index >= 15 is 0 Å². The highest BCUT2D eigenvalue weighted by molar-refractivity contribution is 7.99. The van der Waals surface area contributed by atoms with Gasteiger partial charge in [-0.1, -0.05) is 0 Å². The SMILES string of the molecule is Cc1nc(C)c(C(=O)C2CCOC3(CCSCC3)C2)s1. The number of aryl methyl sites for hydroxylation is 2. The van der Waals surface area contributed by atoms with E-state index in [1.165, 1.54) is 11.5 Å². The van der Waals surface area contributed by atoms with Gasteiger partial charge in [0.25, 0.3) is 0 Å². The third-order valence-corrected chi connectivity index (χ3v) is 6.47. The second kappa shape index (κ2) is 5.78. The molecule has 20 heavy (non-hydrogen) atoms. The number of Topliss-reactive ketones (excluding diaryl/α,β-unsaturated/α-hetero) is 1. The van der Waals surface area contributed by atoms with Crippen LogP contribution in [-0.2, 0) is 4.74 Å². The monoisotopic (exact) mass is 311 g/mol. The number of ketones is 1. The highest BCUT2D eigenvalue weighted by Gasteiger charge is 2.41. The summed E-state index contributed by atoms with van der Waals surface area (Å²) >= 11 is 3.55. The molecule has 1 unspecified atom stereocenters. The Labute approximate surface area is 128 Å². The van der Waals surface area contributed by atoms with E-state index in [1.54, 1.807) is 11.3 Å². The minimum atomic E-state index is -0.0164. The Hall–Kier alpha value is -0.390. The molecule has 1 aromatic rings. The van der Waals surface area contributed by atoms with Crippen molar-refractivity contribution in [3.63, 3.8) is 0 Å². The molecule has 5 heteroatoms. The Morgan fingerprint density at radius 1 is 1.35 bits per heavy atom. The maximum Gasteiger partial charge on any atom is 0.177 e. The van der Waals surface area contributed by atoms with Crippen molar-refractivity contribution < 1.29 is 9.53 Å². The molecule has 1 atom stereocenters. The summed E-state index contributed by atoms with van der Waals surface area (Å²) in [5, 5.41) is 0.988. The van der Waals surface area contributed by atoms with Gasteiger partial charge in [-0.25, -0.2) is 4.98 Å². The fourth-order valence-electron chi connectivity index (χ4n) is 3.29. The Morgan fingerprint density at radius 3 is 2.75 bits per heavy atom. The lowest BCUT2D eigenvalue weighted by Crippen LogP contribution is -2.44. The number of hydrogen-bond acceptors (Lipinski definition) is 5. The molecule has 2 fully saturated rings. The fraction of sp³-hybridized carbons (Fsp3) is 0.733. The van der Waals surface area contributed by atoms with Crippen molar-refractivity contribution in [3.8, 4) is 0 Å². The van der Waals surface area contributed by atoms with Crippen LogP contribution in [0.1, 0.15) is 46.1 Å². The molecule has 3 rings (SSSR count). The number of ether oxygens (including phenoxy) is 1. The number of thiazole rings is 1. The number of carbonyl (C=O) groups excluding carboxylic acids is 1. The summed E-state index contributed by atoms with van der Waals surface area (Å²) < 4.78 is 6.08. The van der Waals surface area contributed by atoms with Crippen molar-refractivity contribution in [3.05, 3.63) is 15.6 Å². The van der Waals surface area contributed by atoms with Crippen molar-refractivity contribution in [2.24, 2.45) is 5.92 Å². The molecule has 0 aliphatic carbocycles. The maximum absolute atomic E-state index is 12.8. The second-order valence-electron chi connectivity index (χ2n) is 5.85. The smallest absolute Gasteiger partial charge is 0.177 e. The zero-order valence-electron chi connectivity index (χ0n) is 12.1. The quantitative estimate of drug-likeness (QED) is 0.782. The van der Waals surface area contributed by atoms with Crippen molar-refractivity contribution in [2.75, 3.05) is 18.1 Å². The first kappa shape index (κ1) is 14.5. The van der Waals surface area contributed by atoms with Crippen LogP contribution < -0.4 is 0 Å². The summed E-state index contributed by atoms with van der Waals surface area (Å²) in [7, 11) is 0. The summed E-state index contributed by atoms with van der Waals surface area (Å²) in [4.78, 5) is 18.0. The van der Waals surface area contributed by atoms with E-state index in [0.29, 0.717) is 5.78 Å². The molecule has 0 bridgehead atoms. The van der Waals surface area contributed by atoms with E-state index in [2.05, 4.69) is 4.98 Å². The van der Waals surface area contributed by atoms with Crippen molar-refractivity contribution in [1.82, 2.24) is 4.98 Å². The second-order valence-corrected chi connectivity index (χ2v) is 8.27. The van der Waals surface area contributed by atoms with Crippen molar-refractivity contribution in [2.45, 2.75) is 45.1 Å². The Balaban J connectivity index is 1.76. The number of aromatic nitrogens is 1. The van der Waals surface area contributed by atoms with Gasteiger partial charge in [-0.3, -0.25) is 4.79 Å². The lowest BCUT2D eigenvalue weighted by molar-refractivity contribution is -0.0959. The van der Waals surface area contributed by atoms with Gasteiger partial charge in [0.2, 0.25) is 0 Å². The van der Waals surface area contributed by atoms with Crippen LogP contribution in [0, 0.1) is 19.8 Å². The number of thioether (sulfide) groups is 1. The Morgan fingerprint density at radius 2 is 2.10 bits per heavy atom. The molecule has 0 radical (unpaired) electrons. The van der Waals surface area contributed by atoms with Crippen molar-refractivity contribution in [1.29, 1.82) is 0 Å². The molecule has 3 nitrogen and oxygen atoms in total. The lowest BCUT2D eigenvalue weighted by Gasteiger charge is -2.42. The summed E-state index contributed by atoms with van der Waals surface area (Å²) in [6.07, 6.45) is 3.97. The molecule has 0 saturated carbocycles.